The number of nitrogens with one attached hydrogen (secondary N) is 1. The van der Waals surface area contributed by atoms with Crippen LogP contribution >= 0.6 is 11.8 Å². The highest BCUT2D eigenvalue weighted by atomic mass is 32.2. The van der Waals surface area contributed by atoms with Crippen molar-refractivity contribution in [3.63, 3.8) is 0 Å². The van der Waals surface area contributed by atoms with Crippen molar-refractivity contribution in [1.29, 1.82) is 0 Å². The average Bonchev–Trinajstić information content (AvgIpc) is 2.38. The SMILES string of the molecule is COC(=O)[C@H](CCS[13CH2]C(=O)O)NC(=O)CCN(C)C. The molecule has 1 amide bonds. The van der Waals surface area contributed by atoms with Crippen LogP contribution in [0, 0.1) is 0 Å². The van der Waals surface area contributed by atoms with Gasteiger partial charge in [0.15, 0.2) is 0 Å². The zero-order valence-corrected chi connectivity index (χ0v) is 12.9. The van der Waals surface area contributed by atoms with Crippen molar-refractivity contribution >= 4 is 29.6 Å². The topological polar surface area (TPSA) is 95.9 Å². The highest BCUT2D eigenvalue weighted by Gasteiger charge is 2.21. The average molecular weight is 307 g/mol. The van der Waals surface area contributed by atoms with Crippen molar-refractivity contribution in [2.75, 3.05) is 39.3 Å². The molecule has 0 heterocycles. The second kappa shape index (κ2) is 10.5. The molecule has 116 valence electrons. The van der Waals surface area contributed by atoms with Gasteiger partial charge in [-0.05, 0) is 26.3 Å². The Bertz CT molecular complexity index is 336. The number of rotatable bonds is 10. The van der Waals surface area contributed by atoms with E-state index >= 15 is 0 Å². The largest absolute Gasteiger partial charge is 0.481 e. The molecule has 0 saturated carbocycles. The van der Waals surface area contributed by atoms with E-state index in [4.69, 9.17) is 5.11 Å². The molecule has 0 unspecified atom stereocenters. The van der Waals surface area contributed by atoms with Crippen molar-refractivity contribution < 1.29 is 24.2 Å². The van der Waals surface area contributed by atoms with E-state index in [9.17, 15) is 14.4 Å². The van der Waals surface area contributed by atoms with Gasteiger partial charge in [-0.15, -0.1) is 0 Å². The molecule has 20 heavy (non-hydrogen) atoms. The summed E-state index contributed by atoms with van der Waals surface area (Å²) in [7, 11) is 4.97. The molecule has 8 heteroatoms. The lowest BCUT2D eigenvalue weighted by Crippen LogP contribution is -2.42. The predicted molar refractivity (Wildman–Crippen MR) is 76.7 cm³/mol. The number of esters is 1. The molecule has 0 aromatic heterocycles. The maximum Gasteiger partial charge on any atom is 0.328 e. The van der Waals surface area contributed by atoms with E-state index in [-0.39, 0.29) is 11.7 Å². The number of methoxy groups -OCH3 is 1. The molecule has 0 bridgehead atoms. The Balaban J connectivity index is 4.17. The molecule has 0 saturated heterocycles. The van der Waals surface area contributed by atoms with Crippen LogP contribution < -0.4 is 5.32 Å². The van der Waals surface area contributed by atoms with Gasteiger partial charge in [0.25, 0.3) is 0 Å². The van der Waals surface area contributed by atoms with Crippen LogP contribution in [0.5, 0.6) is 0 Å². The number of carboxylic acids is 1. The molecule has 7 nitrogen and oxygen atoms in total. The summed E-state index contributed by atoms with van der Waals surface area (Å²) >= 11 is 1.20. The number of carbonyl (C=O) groups excluding carboxylic acids is 2. The van der Waals surface area contributed by atoms with Gasteiger partial charge in [-0.2, -0.15) is 11.8 Å². The van der Waals surface area contributed by atoms with E-state index in [0.717, 1.165) is 0 Å². The van der Waals surface area contributed by atoms with Crippen LogP contribution in [-0.4, -0.2) is 73.1 Å². The van der Waals surface area contributed by atoms with Crippen molar-refractivity contribution in [2.45, 2.75) is 18.9 Å². The molecule has 0 spiro atoms. The normalized spacial score (nSPS) is 12.0. The van der Waals surface area contributed by atoms with Crippen LogP contribution in [0.4, 0.5) is 0 Å². The van der Waals surface area contributed by atoms with Crippen LogP contribution in [0.2, 0.25) is 0 Å². The summed E-state index contributed by atoms with van der Waals surface area (Å²) in [6.07, 6.45) is 0.640. The fraction of sp³-hybridized carbons (Fsp3) is 0.750. The molecular weight excluding hydrogens is 285 g/mol. The van der Waals surface area contributed by atoms with Crippen LogP contribution in [-0.2, 0) is 19.1 Å². The molecule has 2 N–H and O–H groups in total. The van der Waals surface area contributed by atoms with E-state index in [1.54, 1.807) is 0 Å². The number of hydrogen-bond donors (Lipinski definition) is 2. The van der Waals surface area contributed by atoms with Gasteiger partial charge in [0.05, 0.1) is 12.9 Å². The number of carboxylic acid groups (broad SMARTS) is 1. The van der Waals surface area contributed by atoms with Crippen molar-refractivity contribution in [2.24, 2.45) is 0 Å². The van der Waals surface area contributed by atoms with Crippen LogP contribution in [0.1, 0.15) is 12.8 Å². The van der Waals surface area contributed by atoms with Gasteiger partial charge in [0.2, 0.25) is 5.91 Å². The van der Waals surface area contributed by atoms with Crippen LogP contribution in [0.25, 0.3) is 0 Å². The third-order valence-corrected chi connectivity index (χ3v) is 3.36. The first-order valence-electron chi connectivity index (χ1n) is 6.18. The number of aliphatic carboxylic acids is 1. The van der Waals surface area contributed by atoms with Gasteiger partial charge < -0.3 is 20.1 Å². The summed E-state index contributed by atoms with van der Waals surface area (Å²) < 4.78 is 4.63. The number of thioether (sulfide) groups is 1. The predicted octanol–water partition coefficient (Wildman–Crippen LogP) is -0.196. The molecule has 0 fully saturated rings. The molecule has 0 radical (unpaired) electrons. The van der Waals surface area contributed by atoms with E-state index in [1.165, 1.54) is 18.9 Å². The first kappa shape index (κ1) is 18.7. The van der Waals surface area contributed by atoms with Gasteiger partial charge in [-0.1, -0.05) is 0 Å². The zero-order valence-electron chi connectivity index (χ0n) is 12.0. The lowest BCUT2D eigenvalue weighted by atomic mass is 10.2. The van der Waals surface area contributed by atoms with Gasteiger partial charge >= 0.3 is 11.9 Å². The Morgan fingerprint density at radius 3 is 2.50 bits per heavy atom. The number of hydrogen-bond acceptors (Lipinski definition) is 6. The van der Waals surface area contributed by atoms with Gasteiger partial charge in [-0.25, -0.2) is 4.79 Å². The lowest BCUT2D eigenvalue weighted by molar-refractivity contribution is -0.145. The fourth-order valence-electron chi connectivity index (χ4n) is 1.34. The first-order valence-corrected chi connectivity index (χ1v) is 7.33. The first-order chi connectivity index (χ1) is 9.36. The number of nitrogens with zero attached hydrogens (tertiary/aromatic N) is 1. The van der Waals surface area contributed by atoms with Gasteiger partial charge in [0, 0.05) is 13.0 Å². The third kappa shape index (κ3) is 9.62. The Morgan fingerprint density at radius 2 is 2.00 bits per heavy atom. The van der Waals surface area contributed by atoms with Crippen LogP contribution in [0.15, 0.2) is 0 Å². The molecule has 0 aliphatic carbocycles. The van der Waals surface area contributed by atoms with Gasteiger partial charge in [-0.3, -0.25) is 9.59 Å². The number of carbonyl (C=O) groups is 3. The van der Waals surface area contributed by atoms with Crippen molar-refractivity contribution in [3.8, 4) is 0 Å². The highest BCUT2D eigenvalue weighted by Crippen LogP contribution is 2.06. The second-order valence-electron chi connectivity index (χ2n) is 4.43. The Hall–Kier alpha value is -1.28. The van der Waals surface area contributed by atoms with Crippen molar-refractivity contribution in [1.82, 2.24) is 10.2 Å². The van der Waals surface area contributed by atoms with E-state index < -0.39 is 18.0 Å². The summed E-state index contributed by atoms with van der Waals surface area (Å²) in [5.41, 5.74) is 0. The smallest absolute Gasteiger partial charge is 0.328 e. The molecule has 0 aliphatic heterocycles. The minimum absolute atomic E-state index is 0.0253. The summed E-state index contributed by atoms with van der Waals surface area (Å²) in [5, 5.41) is 11.1. The summed E-state index contributed by atoms with van der Waals surface area (Å²) in [6.45, 7) is 0.591. The standard InChI is InChI=1S/C12H22N2O5S/c1-14(2)6-4-10(15)13-9(12(18)19-3)5-7-20-8-11(16)17/h9H,4-8H2,1-3H3,(H,13,15)(H,16,17)/t9-/m0/s1/i8+1. The monoisotopic (exact) mass is 307 g/mol. The lowest BCUT2D eigenvalue weighted by Gasteiger charge is -2.17. The quantitative estimate of drug-likeness (QED) is 0.328. The Morgan fingerprint density at radius 1 is 1.35 bits per heavy atom. The Kier molecular flexibility index (Phi) is 9.83. The summed E-state index contributed by atoms with van der Waals surface area (Å²) in [5.74, 6) is -1.21. The van der Waals surface area contributed by atoms with E-state index in [1.807, 2.05) is 19.0 Å². The minimum atomic E-state index is -0.903. The van der Waals surface area contributed by atoms with Gasteiger partial charge in [0.1, 0.15) is 6.04 Å². The highest BCUT2D eigenvalue weighted by molar-refractivity contribution is 7.99. The molecule has 0 aromatic rings. The maximum atomic E-state index is 11.7. The number of ether oxygens (including phenoxy) is 1. The fourth-order valence-corrected chi connectivity index (χ4v) is 2.06. The zero-order chi connectivity index (χ0) is 15.5. The molecule has 1 atom stereocenters. The molecule has 0 aliphatic rings. The molecule has 0 aromatic carbocycles. The Labute approximate surface area is 123 Å². The second-order valence-corrected chi connectivity index (χ2v) is 5.54. The molecular formula is C12H22N2O5S. The maximum absolute atomic E-state index is 11.7. The molecule has 0 rings (SSSR count). The summed E-state index contributed by atoms with van der Waals surface area (Å²) in [6, 6.07) is -0.726. The van der Waals surface area contributed by atoms with E-state index in [0.29, 0.717) is 25.1 Å². The minimum Gasteiger partial charge on any atom is -0.481 e. The third-order valence-electron chi connectivity index (χ3n) is 2.38. The van der Waals surface area contributed by atoms with E-state index in [2.05, 4.69) is 10.1 Å². The number of amides is 1. The van der Waals surface area contributed by atoms with Crippen LogP contribution in [0.3, 0.4) is 0 Å². The van der Waals surface area contributed by atoms with Crippen molar-refractivity contribution in [3.05, 3.63) is 0 Å². The summed E-state index contributed by atoms with van der Waals surface area (Å²) in [4.78, 5) is 35.5.